The molecule has 0 spiro atoms. The second-order valence-corrected chi connectivity index (χ2v) is 9.05. The van der Waals surface area contributed by atoms with Gasteiger partial charge in [0.2, 0.25) is 5.91 Å². The lowest BCUT2D eigenvalue weighted by molar-refractivity contribution is -0.118. The van der Waals surface area contributed by atoms with Crippen molar-refractivity contribution in [3.8, 4) is 5.75 Å². The van der Waals surface area contributed by atoms with Gasteiger partial charge in [-0.15, -0.1) is 0 Å². The molecule has 0 radical (unpaired) electrons. The maximum atomic E-state index is 11.5. The van der Waals surface area contributed by atoms with E-state index in [9.17, 15) is 9.59 Å². The Balaban J connectivity index is 1.34. The number of ether oxygens (including phenoxy) is 1. The first-order chi connectivity index (χ1) is 14.1. The molecule has 3 rings (SSSR count). The Morgan fingerprint density at radius 3 is 2.83 bits per heavy atom. The minimum Gasteiger partial charge on any atom is -0.492 e. The van der Waals surface area contributed by atoms with Crippen LogP contribution in [-0.4, -0.2) is 42.3 Å². The number of nitrogens with one attached hydrogen (secondary N) is 2. The van der Waals surface area contributed by atoms with Gasteiger partial charge in [0.1, 0.15) is 12.3 Å². The number of halogens is 1. The Hall–Kier alpha value is -1.44. The third kappa shape index (κ3) is 7.08. The fourth-order valence-corrected chi connectivity index (χ4v) is 4.35. The van der Waals surface area contributed by atoms with Crippen LogP contribution in [0.25, 0.3) is 0 Å². The minimum atomic E-state index is -0.264. The van der Waals surface area contributed by atoms with Gasteiger partial charge in [-0.2, -0.15) is 0 Å². The van der Waals surface area contributed by atoms with Crippen LogP contribution in [0.3, 0.4) is 0 Å². The molecule has 1 saturated heterocycles. The molecule has 3 amide bonds. The molecule has 160 valence electrons. The van der Waals surface area contributed by atoms with Crippen molar-refractivity contribution in [3.05, 3.63) is 28.8 Å². The lowest BCUT2D eigenvalue weighted by atomic mass is 10.1. The first-order valence-electron chi connectivity index (χ1n) is 10.4. The van der Waals surface area contributed by atoms with Gasteiger partial charge in [-0.3, -0.25) is 14.8 Å². The largest absolute Gasteiger partial charge is 0.492 e. The van der Waals surface area contributed by atoms with E-state index in [1.54, 1.807) is 16.8 Å². The molecular weight excluding hydrogens is 410 g/mol. The number of benzene rings is 1. The molecule has 2 aliphatic rings. The maximum absolute atomic E-state index is 11.5. The van der Waals surface area contributed by atoms with Crippen LogP contribution in [-0.2, 0) is 4.79 Å². The molecular formula is C21H30ClN3O3S. The van der Waals surface area contributed by atoms with Gasteiger partial charge in [-0.25, -0.2) is 4.79 Å². The smallest absolute Gasteiger partial charge is 0.324 e. The molecule has 1 saturated carbocycles. The normalized spacial score (nSPS) is 17.5. The summed E-state index contributed by atoms with van der Waals surface area (Å²) in [6.45, 7) is 3.76. The first kappa shape index (κ1) is 22.2. The van der Waals surface area contributed by atoms with Crippen LogP contribution in [0.2, 0.25) is 5.02 Å². The highest BCUT2D eigenvalue weighted by Gasteiger charge is 2.25. The number of nitrogens with zero attached hydrogens (tertiary/aromatic N) is 1. The molecule has 0 bridgehead atoms. The predicted molar refractivity (Wildman–Crippen MR) is 117 cm³/mol. The van der Waals surface area contributed by atoms with E-state index >= 15 is 0 Å². The highest BCUT2D eigenvalue weighted by molar-refractivity contribution is 7.97. The number of rotatable bonds is 13. The predicted octanol–water partition coefficient (Wildman–Crippen LogP) is 4.54. The number of imide groups is 1. The molecule has 1 aromatic rings. The summed E-state index contributed by atoms with van der Waals surface area (Å²) in [4.78, 5) is 24.2. The summed E-state index contributed by atoms with van der Waals surface area (Å²) in [7, 11) is 0. The van der Waals surface area contributed by atoms with Crippen LogP contribution in [0.1, 0.15) is 57.1 Å². The van der Waals surface area contributed by atoms with Crippen molar-refractivity contribution < 1.29 is 14.3 Å². The summed E-state index contributed by atoms with van der Waals surface area (Å²) in [6.07, 6.45) is 6.51. The van der Waals surface area contributed by atoms with E-state index in [0.29, 0.717) is 17.5 Å². The van der Waals surface area contributed by atoms with E-state index in [-0.39, 0.29) is 24.5 Å². The summed E-state index contributed by atoms with van der Waals surface area (Å²) >= 11 is 8.02. The van der Waals surface area contributed by atoms with E-state index in [4.69, 9.17) is 16.3 Å². The highest BCUT2D eigenvalue weighted by Crippen LogP contribution is 2.33. The number of unbranched alkanes of at least 4 members (excludes halogenated alkanes) is 2. The lowest BCUT2D eigenvalue weighted by Gasteiger charge is -2.18. The number of carbonyl (C=O) groups excluding carboxylic acids is 2. The number of amides is 3. The summed E-state index contributed by atoms with van der Waals surface area (Å²) in [5.74, 6) is 2.28. The number of hydrogen-bond donors (Lipinski definition) is 2. The average molecular weight is 440 g/mol. The fourth-order valence-electron chi connectivity index (χ4n) is 3.20. The summed E-state index contributed by atoms with van der Waals surface area (Å²) < 4.78 is 9.46. The van der Waals surface area contributed by atoms with Gasteiger partial charge in [-0.05, 0) is 55.7 Å². The number of urea groups is 1. The van der Waals surface area contributed by atoms with Crippen LogP contribution >= 0.6 is 23.5 Å². The SMILES string of the molecule is CCC(NSCCCCCN1CC(=O)NC1=O)c1ccc(Cl)c(OCC2CC2)c1. The maximum Gasteiger partial charge on any atom is 0.324 e. The number of carbonyl (C=O) groups is 2. The zero-order chi connectivity index (χ0) is 20.6. The molecule has 1 unspecified atom stereocenters. The molecule has 6 nitrogen and oxygen atoms in total. The zero-order valence-electron chi connectivity index (χ0n) is 16.9. The van der Waals surface area contributed by atoms with Gasteiger partial charge in [-0.1, -0.05) is 43.0 Å². The summed E-state index contributed by atoms with van der Waals surface area (Å²) in [5.41, 5.74) is 1.19. The molecule has 1 heterocycles. The van der Waals surface area contributed by atoms with E-state index < -0.39 is 0 Å². The number of hydrogen-bond acceptors (Lipinski definition) is 5. The second kappa shape index (κ2) is 11.1. The summed E-state index contributed by atoms with van der Waals surface area (Å²) in [5, 5.41) is 2.97. The van der Waals surface area contributed by atoms with Crippen molar-refractivity contribution in [2.24, 2.45) is 5.92 Å². The topological polar surface area (TPSA) is 70.7 Å². The van der Waals surface area contributed by atoms with E-state index in [0.717, 1.165) is 43.8 Å². The molecule has 2 N–H and O–H groups in total. The quantitative estimate of drug-likeness (QED) is 0.268. The lowest BCUT2D eigenvalue weighted by Crippen LogP contribution is -2.29. The minimum absolute atomic E-state index is 0.195. The van der Waals surface area contributed by atoms with Crippen LogP contribution in [0.15, 0.2) is 18.2 Å². The van der Waals surface area contributed by atoms with Crippen molar-refractivity contribution >= 4 is 35.5 Å². The molecule has 0 aromatic heterocycles. The molecule has 1 aromatic carbocycles. The molecule has 1 aliphatic heterocycles. The van der Waals surface area contributed by atoms with Crippen molar-refractivity contribution in [1.82, 2.24) is 14.9 Å². The van der Waals surface area contributed by atoms with Gasteiger partial charge < -0.3 is 9.64 Å². The van der Waals surface area contributed by atoms with Crippen LogP contribution in [0.5, 0.6) is 5.75 Å². The average Bonchev–Trinajstić information content (AvgIpc) is 3.47. The van der Waals surface area contributed by atoms with Crippen LogP contribution in [0, 0.1) is 5.92 Å². The van der Waals surface area contributed by atoms with E-state index in [1.807, 2.05) is 6.07 Å². The van der Waals surface area contributed by atoms with Gasteiger partial charge in [0, 0.05) is 18.3 Å². The highest BCUT2D eigenvalue weighted by atomic mass is 35.5. The third-order valence-corrected chi connectivity index (χ3v) is 6.46. The Morgan fingerprint density at radius 1 is 1.31 bits per heavy atom. The summed E-state index contributed by atoms with van der Waals surface area (Å²) in [6, 6.07) is 6.04. The van der Waals surface area contributed by atoms with Gasteiger partial charge >= 0.3 is 6.03 Å². The second-order valence-electron chi connectivity index (χ2n) is 7.71. The first-order valence-corrected chi connectivity index (χ1v) is 11.8. The molecule has 1 atom stereocenters. The Morgan fingerprint density at radius 2 is 2.14 bits per heavy atom. The van der Waals surface area contributed by atoms with Crippen molar-refractivity contribution in [1.29, 1.82) is 0 Å². The zero-order valence-corrected chi connectivity index (χ0v) is 18.5. The Labute approximate surface area is 182 Å². The van der Waals surface area contributed by atoms with Crippen molar-refractivity contribution in [2.75, 3.05) is 25.4 Å². The van der Waals surface area contributed by atoms with E-state index in [2.05, 4.69) is 29.1 Å². The fraction of sp³-hybridized carbons (Fsp3) is 0.619. The molecule has 29 heavy (non-hydrogen) atoms. The van der Waals surface area contributed by atoms with Crippen LogP contribution in [0.4, 0.5) is 4.79 Å². The molecule has 2 fully saturated rings. The molecule has 1 aliphatic carbocycles. The van der Waals surface area contributed by atoms with Crippen molar-refractivity contribution in [2.45, 2.75) is 51.5 Å². The Bertz CT molecular complexity index is 714. The monoisotopic (exact) mass is 439 g/mol. The molecule has 8 heteroatoms. The standard InChI is InChI=1S/C21H30ClN3O3S/c1-2-18(16-8-9-17(22)19(12-16)28-14-15-6-7-15)24-29-11-5-3-4-10-25-13-20(26)23-21(25)27/h8-9,12,15,18,24H,2-7,10-11,13-14H2,1H3,(H,23,26,27). The van der Waals surface area contributed by atoms with Crippen LogP contribution < -0.4 is 14.8 Å². The van der Waals surface area contributed by atoms with Gasteiger partial charge in [0.25, 0.3) is 0 Å². The van der Waals surface area contributed by atoms with Gasteiger partial charge in [0.05, 0.1) is 11.6 Å². The van der Waals surface area contributed by atoms with E-state index in [1.165, 1.54) is 18.4 Å². The van der Waals surface area contributed by atoms with Crippen molar-refractivity contribution in [3.63, 3.8) is 0 Å². The Kier molecular flexibility index (Phi) is 8.51. The third-order valence-electron chi connectivity index (χ3n) is 5.21. The van der Waals surface area contributed by atoms with Gasteiger partial charge in [0.15, 0.2) is 0 Å².